The van der Waals surface area contributed by atoms with Gasteiger partial charge in [0, 0.05) is 25.9 Å². The monoisotopic (exact) mass is 222 g/mol. The van der Waals surface area contributed by atoms with E-state index in [0.717, 1.165) is 31.1 Å². The van der Waals surface area contributed by atoms with Crippen LogP contribution in [0, 0.1) is 6.92 Å². The molecular formula is C12H18N2O2. The molecule has 1 atom stereocenters. The Hall–Kier alpha value is -1.13. The van der Waals surface area contributed by atoms with Gasteiger partial charge in [-0.1, -0.05) is 0 Å². The second kappa shape index (κ2) is 5.27. The molecule has 1 aromatic heterocycles. The first-order valence-electron chi connectivity index (χ1n) is 5.58. The number of hydrogen-bond donors (Lipinski definition) is 0. The number of morpholine rings is 1. The van der Waals surface area contributed by atoms with E-state index in [-0.39, 0.29) is 6.10 Å². The van der Waals surface area contributed by atoms with Crippen molar-refractivity contribution in [2.75, 3.05) is 38.3 Å². The summed E-state index contributed by atoms with van der Waals surface area (Å²) in [6.07, 6.45) is 2.09. The first kappa shape index (κ1) is 11.4. The van der Waals surface area contributed by atoms with Gasteiger partial charge in [0.15, 0.2) is 0 Å². The van der Waals surface area contributed by atoms with Crippen molar-refractivity contribution in [1.82, 2.24) is 4.98 Å². The summed E-state index contributed by atoms with van der Waals surface area (Å²) < 4.78 is 10.7. The van der Waals surface area contributed by atoms with Crippen molar-refractivity contribution in [1.29, 1.82) is 0 Å². The highest BCUT2D eigenvalue weighted by molar-refractivity contribution is 5.44. The average Bonchev–Trinajstić information content (AvgIpc) is 2.31. The number of hydrogen-bond acceptors (Lipinski definition) is 4. The van der Waals surface area contributed by atoms with E-state index in [0.29, 0.717) is 6.61 Å². The van der Waals surface area contributed by atoms with Crippen LogP contribution >= 0.6 is 0 Å². The Morgan fingerprint density at radius 3 is 3.12 bits per heavy atom. The van der Waals surface area contributed by atoms with Crippen molar-refractivity contribution in [3.05, 3.63) is 24.0 Å². The van der Waals surface area contributed by atoms with E-state index >= 15 is 0 Å². The van der Waals surface area contributed by atoms with Crippen LogP contribution in [0.25, 0.3) is 0 Å². The molecule has 2 rings (SSSR count). The largest absolute Gasteiger partial charge is 0.382 e. The minimum atomic E-state index is 0.167. The summed E-state index contributed by atoms with van der Waals surface area (Å²) in [6, 6.07) is 4.15. The van der Waals surface area contributed by atoms with Crippen LogP contribution in [0.15, 0.2) is 18.3 Å². The van der Waals surface area contributed by atoms with Gasteiger partial charge >= 0.3 is 0 Å². The highest BCUT2D eigenvalue weighted by Crippen LogP contribution is 2.16. The van der Waals surface area contributed by atoms with Gasteiger partial charge in [0.05, 0.1) is 31.2 Å². The normalized spacial score (nSPS) is 21.1. The van der Waals surface area contributed by atoms with Gasteiger partial charge < -0.3 is 14.4 Å². The fourth-order valence-corrected chi connectivity index (χ4v) is 1.89. The molecule has 16 heavy (non-hydrogen) atoms. The molecule has 0 saturated carbocycles. The van der Waals surface area contributed by atoms with E-state index in [4.69, 9.17) is 9.47 Å². The second-order valence-electron chi connectivity index (χ2n) is 4.05. The number of rotatable bonds is 3. The van der Waals surface area contributed by atoms with E-state index in [2.05, 4.69) is 16.0 Å². The van der Waals surface area contributed by atoms with Gasteiger partial charge in [0.1, 0.15) is 0 Å². The molecule has 0 bridgehead atoms. The van der Waals surface area contributed by atoms with Gasteiger partial charge in [0.2, 0.25) is 0 Å². The second-order valence-corrected chi connectivity index (χ2v) is 4.05. The van der Waals surface area contributed by atoms with Crippen LogP contribution in [0.4, 0.5) is 5.69 Å². The number of methoxy groups -OCH3 is 1. The lowest BCUT2D eigenvalue weighted by molar-refractivity contribution is -0.0100. The molecule has 0 aliphatic carbocycles. The molecule has 1 aromatic rings. The van der Waals surface area contributed by atoms with E-state index < -0.39 is 0 Å². The van der Waals surface area contributed by atoms with Crippen LogP contribution < -0.4 is 4.90 Å². The molecule has 1 unspecified atom stereocenters. The fourth-order valence-electron chi connectivity index (χ4n) is 1.89. The highest BCUT2D eigenvalue weighted by atomic mass is 16.5. The average molecular weight is 222 g/mol. The molecule has 2 heterocycles. The number of nitrogens with zero attached hydrogens (tertiary/aromatic N) is 2. The lowest BCUT2D eigenvalue weighted by Crippen LogP contribution is -2.44. The molecule has 1 aliphatic rings. The summed E-state index contributed by atoms with van der Waals surface area (Å²) >= 11 is 0. The third-order valence-corrected chi connectivity index (χ3v) is 2.75. The summed E-state index contributed by atoms with van der Waals surface area (Å²) in [6.45, 7) is 5.19. The quantitative estimate of drug-likeness (QED) is 0.770. The van der Waals surface area contributed by atoms with Crippen LogP contribution in [-0.2, 0) is 9.47 Å². The van der Waals surface area contributed by atoms with E-state index in [1.165, 1.54) is 0 Å². The van der Waals surface area contributed by atoms with E-state index in [9.17, 15) is 0 Å². The fraction of sp³-hybridized carbons (Fsp3) is 0.583. The first-order chi connectivity index (χ1) is 7.79. The Bertz CT molecular complexity index is 324. The lowest BCUT2D eigenvalue weighted by atomic mass is 10.2. The molecule has 0 amide bonds. The van der Waals surface area contributed by atoms with Gasteiger partial charge in [-0.25, -0.2) is 0 Å². The number of ether oxygens (including phenoxy) is 2. The Morgan fingerprint density at radius 1 is 1.56 bits per heavy atom. The van der Waals surface area contributed by atoms with Gasteiger partial charge in [-0.15, -0.1) is 0 Å². The van der Waals surface area contributed by atoms with Gasteiger partial charge in [-0.2, -0.15) is 0 Å². The van der Waals surface area contributed by atoms with Gasteiger partial charge in [-0.05, 0) is 19.1 Å². The van der Waals surface area contributed by atoms with Crippen molar-refractivity contribution in [3.63, 3.8) is 0 Å². The van der Waals surface area contributed by atoms with Crippen molar-refractivity contribution < 1.29 is 9.47 Å². The molecule has 1 fully saturated rings. The maximum atomic E-state index is 5.61. The minimum Gasteiger partial charge on any atom is -0.382 e. The minimum absolute atomic E-state index is 0.167. The highest BCUT2D eigenvalue weighted by Gasteiger charge is 2.20. The molecule has 0 spiro atoms. The molecule has 0 N–H and O–H groups in total. The van der Waals surface area contributed by atoms with Gasteiger partial charge in [0.25, 0.3) is 0 Å². The molecule has 0 aromatic carbocycles. The number of aromatic nitrogens is 1. The topological polar surface area (TPSA) is 34.6 Å². The van der Waals surface area contributed by atoms with Crippen molar-refractivity contribution in [2.45, 2.75) is 13.0 Å². The molecule has 1 aliphatic heterocycles. The third kappa shape index (κ3) is 2.71. The SMILES string of the molecule is COCC1CN(c2ccc(C)nc2)CCO1. The predicted molar refractivity (Wildman–Crippen MR) is 62.8 cm³/mol. The molecule has 4 heteroatoms. The summed E-state index contributed by atoms with van der Waals surface area (Å²) in [7, 11) is 1.70. The Labute approximate surface area is 96.2 Å². The molecule has 1 saturated heterocycles. The Morgan fingerprint density at radius 2 is 2.44 bits per heavy atom. The van der Waals surface area contributed by atoms with Crippen LogP contribution in [-0.4, -0.2) is 44.5 Å². The maximum absolute atomic E-state index is 5.61. The zero-order chi connectivity index (χ0) is 11.4. The first-order valence-corrected chi connectivity index (χ1v) is 5.58. The molecule has 88 valence electrons. The summed E-state index contributed by atoms with van der Waals surface area (Å²) in [5, 5.41) is 0. The maximum Gasteiger partial charge on any atom is 0.0983 e. The standard InChI is InChI=1S/C12H18N2O2/c1-10-3-4-11(7-13-10)14-5-6-16-12(8-14)9-15-2/h3-4,7,12H,5-6,8-9H2,1-2H3. The predicted octanol–water partition coefficient (Wildman–Crippen LogP) is 1.24. The molecule has 4 nitrogen and oxygen atoms in total. The molecular weight excluding hydrogens is 204 g/mol. The third-order valence-electron chi connectivity index (χ3n) is 2.75. The van der Waals surface area contributed by atoms with Crippen LogP contribution in [0.2, 0.25) is 0 Å². The smallest absolute Gasteiger partial charge is 0.0983 e. The Balaban J connectivity index is 2.01. The number of anilines is 1. The summed E-state index contributed by atoms with van der Waals surface area (Å²) in [5.74, 6) is 0. The zero-order valence-corrected chi connectivity index (χ0v) is 9.85. The zero-order valence-electron chi connectivity index (χ0n) is 9.85. The lowest BCUT2D eigenvalue weighted by Gasteiger charge is -2.34. The van der Waals surface area contributed by atoms with E-state index in [1.54, 1.807) is 7.11 Å². The van der Waals surface area contributed by atoms with Crippen LogP contribution in [0.3, 0.4) is 0 Å². The summed E-state index contributed by atoms with van der Waals surface area (Å²) in [4.78, 5) is 6.60. The van der Waals surface area contributed by atoms with Gasteiger partial charge in [-0.3, -0.25) is 4.98 Å². The van der Waals surface area contributed by atoms with Crippen molar-refractivity contribution in [3.8, 4) is 0 Å². The number of aryl methyl sites for hydroxylation is 1. The molecule has 0 radical (unpaired) electrons. The number of pyridine rings is 1. The van der Waals surface area contributed by atoms with Crippen molar-refractivity contribution >= 4 is 5.69 Å². The summed E-state index contributed by atoms with van der Waals surface area (Å²) in [5.41, 5.74) is 2.21. The van der Waals surface area contributed by atoms with E-state index in [1.807, 2.05) is 19.2 Å². The van der Waals surface area contributed by atoms with Crippen LogP contribution in [0.1, 0.15) is 5.69 Å². The Kier molecular flexibility index (Phi) is 3.74. The van der Waals surface area contributed by atoms with Crippen LogP contribution in [0.5, 0.6) is 0 Å². The van der Waals surface area contributed by atoms with Crippen molar-refractivity contribution in [2.24, 2.45) is 0 Å².